The summed E-state index contributed by atoms with van der Waals surface area (Å²) < 4.78 is 11.2. The molecule has 3 rings (SSSR count). The van der Waals surface area contributed by atoms with Crippen LogP contribution in [0.5, 0.6) is 5.75 Å². The third-order valence-electron chi connectivity index (χ3n) is 3.31. The van der Waals surface area contributed by atoms with E-state index in [1.54, 1.807) is 36.4 Å². The Bertz CT molecular complexity index is 743. The zero-order valence-corrected chi connectivity index (χ0v) is 13.6. The highest BCUT2D eigenvalue weighted by atomic mass is 35.5. The Balaban J connectivity index is 2.09. The second-order valence-electron chi connectivity index (χ2n) is 4.88. The van der Waals surface area contributed by atoms with Crippen LogP contribution in [-0.4, -0.2) is 12.7 Å². The van der Waals surface area contributed by atoms with Gasteiger partial charge in [0.15, 0.2) is 6.23 Å². The van der Waals surface area contributed by atoms with E-state index < -0.39 is 12.3 Å². The van der Waals surface area contributed by atoms with Crippen molar-refractivity contribution >= 4 is 35.0 Å². The molecule has 2 aromatic rings. The SMILES string of the molecule is C=CCOC1c2ccccc2OC(=O)N1c1cc(Cl)cc(Cl)c1. The van der Waals surface area contributed by atoms with Gasteiger partial charge in [-0.15, -0.1) is 6.58 Å². The van der Waals surface area contributed by atoms with Crippen LogP contribution in [0.25, 0.3) is 0 Å². The Morgan fingerprint density at radius 2 is 1.91 bits per heavy atom. The predicted octanol–water partition coefficient (Wildman–Crippen LogP) is 5.21. The predicted molar refractivity (Wildman–Crippen MR) is 90.3 cm³/mol. The summed E-state index contributed by atoms with van der Waals surface area (Å²) in [7, 11) is 0. The minimum Gasteiger partial charge on any atom is -0.409 e. The largest absolute Gasteiger partial charge is 0.422 e. The molecule has 118 valence electrons. The first-order valence-corrected chi connectivity index (χ1v) is 7.64. The van der Waals surface area contributed by atoms with E-state index in [0.717, 1.165) is 5.56 Å². The van der Waals surface area contributed by atoms with Gasteiger partial charge in [-0.3, -0.25) is 0 Å². The molecule has 0 fully saturated rings. The third kappa shape index (κ3) is 3.20. The van der Waals surface area contributed by atoms with Gasteiger partial charge in [0.2, 0.25) is 0 Å². The first-order valence-electron chi connectivity index (χ1n) is 6.88. The van der Waals surface area contributed by atoms with Gasteiger partial charge in [-0.25, -0.2) is 9.69 Å². The number of carbonyl (C=O) groups is 1. The Kier molecular flexibility index (Phi) is 4.57. The Hall–Kier alpha value is -2.01. The number of benzene rings is 2. The number of para-hydroxylation sites is 1. The molecule has 1 amide bonds. The summed E-state index contributed by atoms with van der Waals surface area (Å²) in [6.45, 7) is 3.92. The van der Waals surface area contributed by atoms with Crippen LogP contribution in [0.2, 0.25) is 10.0 Å². The van der Waals surface area contributed by atoms with Crippen molar-refractivity contribution in [1.29, 1.82) is 0 Å². The molecule has 0 aliphatic carbocycles. The maximum atomic E-state index is 12.5. The topological polar surface area (TPSA) is 38.8 Å². The van der Waals surface area contributed by atoms with Crippen molar-refractivity contribution in [2.24, 2.45) is 0 Å². The van der Waals surface area contributed by atoms with Crippen LogP contribution in [0, 0.1) is 0 Å². The number of hydrogen-bond donors (Lipinski definition) is 0. The number of hydrogen-bond acceptors (Lipinski definition) is 3. The zero-order valence-electron chi connectivity index (χ0n) is 12.0. The molecule has 1 aliphatic rings. The van der Waals surface area contributed by atoms with Crippen LogP contribution in [0.1, 0.15) is 11.8 Å². The van der Waals surface area contributed by atoms with Gasteiger partial charge < -0.3 is 9.47 Å². The maximum Gasteiger partial charge on any atom is 0.422 e. The number of amides is 1. The lowest BCUT2D eigenvalue weighted by molar-refractivity contribution is 0.0611. The van der Waals surface area contributed by atoms with Gasteiger partial charge in [0.25, 0.3) is 0 Å². The highest BCUT2D eigenvalue weighted by Crippen LogP contribution is 2.39. The average molecular weight is 350 g/mol. The van der Waals surface area contributed by atoms with Gasteiger partial charge in [0.1, 0.15) is 5.75 Å². The summed E-state index contributed by atoms with van der Waals surface area (Å²) in [5.74, 6) is 0.468. The molecular formula is C17H13Cl2NO3. The normalized spacial score (nSPS) is 16.7. The molecule has 2 aromatic carbocycles. The average Bonchev–Trinajstić information content (AvgIpc) is 2.51. The smallest absolute Gasteiger partial charge is 0.409 e. The molecule has 0 radical (unpaired) electrons. The van der Waals surface area contributed by atoms with E-state index in [1.165, 1.54) is 4.90 Å². The third-order valence-corrected chi connectivity index (χ3v) is 3.75. The molecule has 0 aromatic heterocycles. The summed E-state index contributed by atoms with van der Waals surface area (Å²) >= 11 is 12.1. The summed E-state index contributed by atoms with van der Waals surface area (Å²) in [5, 5.41) is 0.836. The second kappa shape index (κ2) is 6.62. The van der Waals surface area contributed by atoms with E-state index in [-0.39, 0.29) is 6.61 Å². The summed E-state index contributed by atoms with van der Waals surface area (Å²) in [5.41, 5.74) is 1.24. The molecule has 4 nitrogen and oxygen atoms in total. The molecular weight excluding hydrogens is 337 g/mol. The van der Waals surface area contributed by atoms with Gasteiger partial charge >= 0.3 is 6.09 Å². The first-order chi connectivity index (χ1) is 11.1. The minimum atomic E-state index is -0.653. The number of fused-ring (bicyclic) bond motifs is 1. The van der Waals surface area contributed by atoms with Crippen molar-refractivity contribution in [2.45, 2.75) is 6.23 Å². The van der Waals surface area contributed by atoms with E-state index >= 15 is 0 Å². The van der Waals surface area contributed by atoms with Crippen molar-refractivity contribution < 1.29 is 14.3 Å². The molecule has 0 saturated carbocycles. The molecule has 0 N–H and O–H groups in total. The van der Waals surface area contributed by atoms with E-state index in [2.05, 4.69) is 6.58 Å². The Labute approximate surface area is 143 Å². The lowest BCUT2D eigenvalue weighted by atomic mass is 10.1. The van der Waals surface area contributed by atoms with Crippen molar-refractivity contribution in [1.82, 2.24) is 0 Å². The fourth-order valence-corrected chi connectivity index (χ4v) is 2.91. The van der Waals surface area contributed by atoms with Gasteiger partial charge in [0, 0.05) is 15.6 Å². The number of ether oxygens (including phenoxy) is 2. The molecule has 1 unspecified atom stereocenters. The standard InChI is InChI=1S/C17H13Cl2NO3/c1-2-7-22-16-14-5-3-4-6-15(14)23-17(21)20(16)13-9-11(18)8-12(19)10-13/h2-6,8-10,16H,1,7H2. The molecule has 6 heteroatoms. The Morgan fingerprint density at radius 3 is 2.61 bits per heavy atom. The number of halogens is 2. The molecule has 1 aliphatic heterocycles. The van der Waals surface area contributed by atoms with E-state index in [0.29, 0.717) is 21.5 Å². The first kappa shape index (κ1) is 15.9. The fraction of sp³-hybridized carbons (Fsp3) is 0.118. The molecule has 1 atom stereocenters. The number of carbonyl (C=O) groups excluding carboxylic acids is 1. The van der Waals surface area contributed by atoms with Gasteiger partial charge in [-0.1, -0.05) is 47.5 Å². The summed E-state index contributed by atoms with van der Waals surface area (Å²) in [6, 6.07) is 12.1. The maximum absolute atomic E-state index is 12.5. The van der Waals surface area contributed by atoms with E-state index in [1.807, 2.05) is 12.1 Å². The highest BCUT2D eigenvalue weighted by Gasteiger charge is 2.36. The number of rotatable bonds is 4. The quantitative estimate of drug-likeness (QED) is 0.710. The molecule has 23 heavy (non-hydrogen) atoms. The molecule has 0 spiro atoms. The Morgan fingerprint density at radius 1 is 1.22 bits per heavy atom. The lowest BCUT2D eigenvalue weighted by Crippen LogP contribution is -2.42. The van der Waals surface area contributed by atoms with Gasteiger partial charge in [-0.05, 0) is 24.3 Å². The lowest BCUT2D eigenvalue weighted by Gasteiger charge is -2.35. The van der Waals surface area contributed by atoms with Crippen LogP contribution in [-0.2, 0) is 4.74 Å². The number of anilines is 1. The molecule has 1 heterocycles. The van der Waals surface area contributed by atoms with E-state index in [9.17, 15) is 4.79 Å². The van der Waals surface area contributed by atoms with Crippen LogP contribution in [0.3, 0.4) is 0 Å². The van der Waals surface area contributed by atoms with Gasteiger partial charge in [-0.2, -0.15) is 0 Å². The van der Waals surface area contributed by atoms with Gasteiger partial charge in [0.05, 0.1) is 12.3 Å². The summed E-state index contributed by atoms with van der Waals surface area (Å²) in [6.07, 6.45) is 0.405. The van der Waals surface area contributed by atoms with E-state index in [4.69, 9.17) is 32.7 Å². The minimum absolute atomic E-state index is 0.275. The molecule has 0 bridgehead atoms. The van der Waals surface area contributed by atoms with Crippen molar-refractivity contribution in [3.63, 3.8) is 0 Å². The van der Waals surface area contributed by atoms with Crippen LogP contribution in [0.4, 0.5) is 10.5 Å². The monoisotopic (exact) mass is 349 g/mol. The highest BCUT2D eigenvalue weighted by molar-refractivity contribution is 6.35. The summed E-state index contributed by atoms with van der Waals surface area (Å²) in [4.78, 5) is 13.8. The van der Waals surface area contributed by atoms with Crippen LogP contribution >= 0.6 is 23.2 Å². The van der Waals surface area contributed by atoms with Crippen LogP contribution < -0.4 is 9.64 Å². The van der Waals surface area contributed by atoms with Crippen LogP contribution in [0.15, 0.2) is 55.1 Å². The number of nitrogens with zero attached hydrogens (tertiary/aromatic N) is 1. The molecule has 0 saturated heterocycles. The van der Waals surface area contributed by atoms with Crippen molar-refractivity contribution in [2.75, 3.05) is 11.5 Å². The fourth-order valence-electron chi connectivity index (χ4n) is 2.40. The van der Waals surface area contributed by atoms with Crippen molar-refractivity contribution in [3.8, 4) is 5.75 Å². The zero-order chi connectivity index (χ0) is 16.4. The second-order valence-corrected chi connectivity index (χ2v) is 5.75. The van der Waals surface area contributed by atoms with Crippen molar-refractivity contribution in [3.05, 3.63) is 70.7 Å².